The van der Waals surface area contributed by atoms with Gasteiger partial charge in [-0.25, -0.2) is 4.39 Å². The van der Waals surface area contributed by atoms with Crippen LogP contribution in [0.2, 0.25) is 0 Å². The Morgan fingerprint density at radius 2 is 2.14 bits per heavy atom. The Morgan fingerprint density at radius 1 is 1.43 bits per heavy atom. The summed E-state index contributed by atoms with van der Waals surface area (Å²) in [5, 5.41) is 0. The van der Waals surface area contributed by atoms with Gasteiger partial charge in [0.2, 0.25) is 0 Å². The maximum Gasteiger partial charge on any atom is 0.146 e. The lowest BCUT2D eigenvalue weighted by Crippen LogP contribution is -2.38. The Balaban J connectivity index is 2.12. The van der Waals surface area contributed by atoms with Gasteiger partial charge in [0.15, 0.2) is 0 Å². The van der Waals surface area contributed by atoms with Crippen molar-refractivity contribution >= 4 is 5.69 Å². The van der Waals surface area contributed by atoms with Crippen molar-refractivity contribution < 1.29 is 9.13 Å². The summed E-state index contributed by atoms with van der Waals surface area (Å²) in [6.07, 6.45) is 2.51. The summed E-state index contributed by atoms with van der Waals surface area (Å²) >= 11 is 0. The topological polar surface area (TPSA) is 25.4 Å². The molecule has 1 fully saturated rings. The fraction of sp³-hybridized carbons (Fsp3) is 0.500. The molecule has 0 saturated carbocycles. The van der Waals surface area contributed by atoms with Crippen molar-refractivity contribution in [2.24, 2.45) is 0 Å². The molecule has 1 saturated heterocycles. The molecule has 0 N–H and O–H groups in total. The highest BCUT2D eigenvalue weighted by atomic mass is 19.1. The predicted molar refractivity (Wildman–Crippen MR) is 52.1 cm³/mol. The lowest BCUT2D eigenvalue weighted by molar-refractivity contribution is 0.173. The van der Waals surface area contributed by atoms with Gasteiger partial charge in [-0.15, -0.1) is 0 Å². The Kier molecular flexibility index (Phi) is 2.63. The number of pyridine rings is 1. The van der Waals surface area contributed by atoms with Gasteiger partial charge in [0.05, 0.1) is 19.3 Å². The van der Waals surface area contributed by atoms with E-state index >= 15 is 0 Å². The minimum atomic E-state index is -0.895. The minimum absolute atomic E-state index is 0.169. The summed E-state index contributed by atoms with van der Waals surface area (Å²) in [5.74, 6) is 0. The first kappa shape index (κ1) is 9.40. The van der Waals surface area contributed by atoms with E-state index in [1.54, 1.807) is 12.4 Å². The molecule has 0 aromatic carbocycles. The molecule has 2 heterocycles. The first-order chi connectivity index (χ1) is 6.79. The van der Waals surface area contributed by atoms with Crippen LogP contribution in [0, 0.1) is 0 Å². The van der Waals surface area contributed by atoms with Crippen LogP contribution in [0.5, 0.6) is 0 Å². The largest absolute Gasteiger partial charge is 0.376 e. The molecule has 1 aliphatic rings. The molecule has 76 valence electrons. The van der Waals surface area contributed by atoms with Crippen LogP contribution in [0.4, 0.5) is 10.1 Å². The van der Waals surface area contributed by atoms with Crippen molar-refractivity contribution in [2.45, 2.75) is 12.2 Å². The van der Waals surface area contributed by atoms with Crippen molar-refractivity contribution in [3.8, 4) is 0 Å². The van der Waals surface area contributed by atoms with Gasteiger partial charge in [-0.2, -0.15) is 0 Å². The second-order valence-electron chi connectivity index (χ2n) is 3.44. The van der Waals surface area contributed by atoms with Crippen LogP contribution >= 0.6 is 0 Å². The van der Waals surface area contributed by atoms with Gasteiger partial charge in [0, 0.05) is 25.1 Å². The molecule has 2 unspecified atom stereocenters. The van der Waals surface area contributed by atoms with Gasteiger partial charge in [0.25, 0.3) is 0 Å². The fourth-order valence-corrected chi connectivity index (χ4v) is 1.64. The number of nitrogens with zero attached hydrogens (tertiary/aromatic N) is 2. The number of ether oxygens (including phenoxy) is 1. The lowest BCUT2D eigenvalue weighted by Gasteiger charge is -2.26. The van der Waals surface area contributed by atoms with Crippen LogP contribution in [0.15, 0.2) is 24.5 Å². The van der Waals surface area contributed by atoms with Gasteiger partial charge < -0.3 is 9.64 Å². The summed E-state index contributed by atoms with van der Waals surface area (Å²) in [7, 11) is 1.88. The molecule has 0 amide bonds. The average molecular weight is 196 g/mol. The number of rotatable bonds is 2. The first-order valence-electron chi connectivity index (χ1n) is 4.63. The monoisotopic (exact) mass is 196 g/mol. The second-order valence-corrected chi connectivity index (χ2v) is 3.44. The maximum atomic E-state index is 13.3. The fourth-order valence-electron chi connectivity index (χ4n) is 1.64. The van der Waals surface area contributed by atoms with Crippen molar-refractivity contribution in [1.29, 1.82) is 0 Å². The van der Waals surface area contributed by atoms with Gasteiger partial charge in [-0.3, -0.25) is 4.98 Å². The number of halogens is 1. The second kappa shape index (κ2) is 3.92. The molecule has 1 aromatic rings. The smallest absolute Gasteiger partial charge is 0.146 e. The van der Waals surface area contributed by atoms with E-state index in [9.17, 15) is 4.39 Å². The van der Waals surface area contributed by atoms with Crippen LogP contribution in [-0.2, 0) is 4.74 Å². The molecule has 4 heteroatoms. The number of hydrogen-bond donors (Lipinski definition) is 0. The molecule has 0 radical (unpaired) electrons. The molecule has 2 rings (SSSR count). The zero-order valence-electron chi connectivity index (χ0n) is 8.06. The van der Waals surface area contributed by atoms with Crippen molar-refractivity contribution in [3.05, 3.63) is 24.5 Å². The predicted octanol–water partition coefficient (Wildman–Crippen LogP) is 1.25. The third-order valence-corrected chi connectivity index (χ3v) is 2.55. The third-order valence-electron chi connectivity index (χ3n) is 2.55. The highest BCUT2D eigenvalue weighted by molar-refractivity contribution is 5.45. The molecule has 3 nitrogen and oxygen atoms in total. The van der Waals surface area contributed by atoms with E-state index in [2.05, 4.69) is 4.98 Å². The summed E-state index contributed by atoms with van der Waals surface area (Å²) in [6, 6.07) is 3.56. The number of aromatic nitrogens is 1. The number of anilines is 1. The van der Waals surface area contributed by atoms with Gasteiger partial charge in [0.1, 0.15) is 6.17 Å². The van der Waals surface area contributed by atoms with E-state index in [0.29, 0.717) is 6.61 Å². The highest BCUT2D eigenvalue weighted by Gasteiger charge is 2.31. The number of alkyl halides is 1. The highest BCUT2D eigenvalue weighted by Crippen LogP contribution is 2.20. The Bertz CT molecular complexity index is 293. The van der Waals surface area contributed by atoms with E-state index in [4.69, 9.17) is 4.74 Å². The first-order valence-corrected chi connectivity index (χ1v) is 4.63. The molecule has 0 bridgehead atoms. The molecular formula is C10H13FN2O. The standard InChI is InChI=1S/C10H13FN2O/c1-13(8-2-4-12-5-3-8)10-7-14-6-9(10)11/h2-5,9-10H,6-7H2,1H3. The molecule has 14 heavy (non-hydrogen) atoms. The van der Waals surface area contributed by atoms with Crippen LogP contribution in [0.1, 0.15) is 0 Å². The van der Waals surface area contributed by atoms with Gasteiger partial charge >= 0.3 is 0 Å². The summed E-state index contributed by atoms with van der Waals surface area (Å²) in [5.41, 5.74) is 0.971. The number of hydrogen-bond acceptors (Lipinski definition) is 3. The van der Waals surface area contributed by atoms with Crippen LogP contribution in [0.3, 0.4) is 0 Å². The van der Waals surface area contributed by atoms with Crippen LogP contribution < -0.4 is 4.90 Å². The van der Waals surface area contributed by atoms with E-state index in [1.165, 1.54) is 0 Å². The summed E-state index contributed by atoms with van der Waals surface area (Å²) < 4.78 is 18.4. The summed E-state index contributed by atoms with van der Waals surface area (Å²) in [4.78, 5) is 5.82. The normalized spacial score (nSPS) is 26.4. The Morgan fingerprint density at radius 3 is 2.71 bits per heavy atom. The minimum Gasteiger partial charge on any atom is -0.376 e. The van der Waals surface area contributed by atoms with Crippen molar-refractivity contribution in [2.75, 3.05) is 25.2 Å². The lowest BCUT2D eigenvalue weighted by atomic mass is 10.2. The van der Waals surface area contributed by atoms with E-state index < -0.39 is 6.17 Å². The van der Waals surface area contributed by atoms with Crippen molar-refractivity contribution in [3.63, 3.8) is 0 Å². The molecule has 2 atom stereocenters. The van der Waals surface area contributed by atoms with E-state index in [1.807, 2.05) is 24.1 Å². The average Bonchev–Trinajstić information content (AvgIpc) is 2.65. The zero-order valence-corrected chi connectivity index (χ0v) is 8.06. The van der Waals surface area contributed by atoms with Crippen molar-refractivity contribution in [1.82, 2.24) is 4.98 Å². The zero-order chi connectivity index (χ0) is 9.97. The molecular weight excluding hydrogens is 183 g/mol. The third kappa shape index (κ3) is 1.70. The molecule has 0 spiro atoms. The van der Waals surface area contributed by atoms with Gasteiger partial charge in [-0.1, -0.05) is 0 Å². The van der Waals surface area contributed by atoms with E-state index in [-0.39, 0.29) is 12.6 Å². The van der Waals surface area contributed by atoms with Gasteiger partial charge in [-0.05, 0) is 12.1 Å². The summed E-state index contributed by atoms with van der Waals surface area (Å²) in [6.45, 7) is 0.667. The Hall–Kier alpha value is -1.16. The molecule has 0 aliphatic carbocycles. The molecule has 1 aromatic heterocycles. The number of likely N-dealkylation sites (N-methyl/N-ethyl adjacent to an activating group) is 1. The SMILES string of the molecule is CN(c1ccncc1)C1COCC1F. The van der Waals surface area contributed by atoms with Crippen LogP contribution in [0.25, 0.3) is 0 Å². The Labute approximate surface area is 82.5 Å². The molecule has 1 aliphatic heterocycles. The van der Waals surface area contributed by atoms with E-state index in [0.717, 1.165) is 5.69 Å². The van der Waals surface area contributed by atoms with Crippen LogP contribution in [-0.4, -0.2) is 37.5 Å². The quantitative estimate of drug-likeness (QED) is 0.712. The maximum absolute atomic E-state index is 13.3.